The van der Waals surface area contributed by atoms with E-state index in [2.05, 4.69) is 10.2 Å². The van der Waals surface area contributed by atoms with Gasteiger partial charge >= 0.3 is 5.92 Å². The molecule has 0 radical (unpaired) electrons. The first-order valence-electron chi connectivity index (χ1n) is 5.92. The van der Waals surface area contributed by atoms with Crippen LogP contribution in [0.1, 0.15) is 18.2 Å². The minimum Gasteiger partial charge on any atom is -0.422 e. The van der Waals surface area contributed by atoms with Gasteiger partial charge in [0.25, 0.3) is 5.89 Å². The molecule has 20 heteroatoms. The lowest BCUT2D eigenvalue weighted by atomic mass is 10.2. The first kappa shape index (κ1) is 24.3. The number of alkyl halides is 1. The second-order valence-electron chi connectivity index (χ2n) is 4.29. The van der Waals surface area contributed by atoms with Crippen molar-refractivity contribution in [1.29, 1.82) is 0 Å². The van der Waals surface area contributed by atoms with Crippen molar-refractivity contribution < 1.29 is 38.1 Å². The van der Waals surface area contributed by atoms with Gasteiger partial charge in [0.05, 0.1) is 60.7 Å². The molecule has 0 bridgehead atoms. The monoisotopic (exact) mass is 498 g/mol. The first-order chi connectivity index (χ1) is 12.6. The summed E-state index contributed by atoms with van der Waals surface area (Å²) in [6.07, 6.45) is -2.36. The minimum atomic E-state index is -4.11. The predicted molar refractivity (Wildman–Crippen MR) is 88.4 cm³/mol. The van der Waals surface area contributed by atoms with Crippen molar-refractivity contribution in [3.63, 3.8) is 0 Å². The smallest absolute Gasteiger partial charge is 0.422 e. The average Bonchev–Trinajstić information content (AvgIpc) is 3.13. The fourth-order valence-corrected chi connectivity index (χ4v) is 4.06. The van der Waals surface area contributed by atoms with Crippen molar-refractivity contribution in [3.8, 4) is 0 Å². The molecule has 0 saturated heterocycles. The lowest BCUT2D eigenvalue weighted by Gasteiger charge is -2.32. The summed E-state index contributed by atoms with van der Waals surface area (Å²) in [5.74, 6) is -6.09. The van der Waals surface area contributed by atoms with Crippen molar-refractivity contribution in [3.05, 3.63) is 32.0 Å². The molecule has 1 aromatic heterocycles. The summed E-state index contributed by atoms with van der Waals surface area (Å²) in [6, 6.07) is 0. The van der Waals surface area contributed by atoms with Crippen LogP contribution in [0.25, 0.3) is 0 Å². The van der Waals surface area contributed by atoms with Gasteiger partial charge in [-0.1, -0.05) is 4.39 Å². The van der Waals surface area contributed by atoms with Crippen molar-refractivity contribution in [1.82, 2.24) is 10.2 Å². The summed E-state index contributed by atoms with van der Waals surface area (Å²) in [5, 5.41) is 27.2. The van der Waals surface area contributed by atoms with Crippen LogP contribution in [0.5, 0.6) is 0 Å². The van der Waals surface area contributed by atoms with E-state index in [1.807, 2.05) is 0 Å². The molecule has 0 atom stereocenters. The van der Waals surface area contributed by atoms with Crippen LogP contribution in [-0.2, 0) is 10.5 Å². The summed E-state index contributed by atoms with van der Waals surface area (Å²) >= 11 is -5.49. The SMILES string of the molecule is O=[N+]([O-])C(F)(CCc1nnc(C(SF)(SF)C(SF)(SF)SF)o1)[N+](=O)[O-]. The van der Waals surface area contributed by atoms with Gasteiger partial charge in [-0.25, -0.2) is 0 Å². The fraction of sp³-hybridized carbons (Fsp3) is 0.714. The Kier molecular flexibility index (Phi) is 8.69. The van der Waals surface area contributed by atoms with E-state index in [4.69, 9.17) is 4.42 Å². The number of nitro groups is 2. The molecule has 0 fully saturated rings. The lowest BCUT2D eigenvalue weighted by Crippen LogP contribution is -2.42. The molecule has 9 nitrogen and oxygen atoms in total. The second kappa shape index (κ2) is 9.65. The molecule has 0 aliphatic heterocycles. The molecule has 0 amide bonds. The Balaban J connectivity index is 3.21. The van der Waals surface area contributed by atoms with Crippen molar-refractivity contribution >= 4 is 60.7 Å². The van der Waals surface area contributed by atoms with E-state index in [0.29, 0.717) is 0 Å². The predicted octanol–water partition coefficient (Wildman–Crippen LogP) is 5.07. The summed E-state index contributed by atoms with van der Waals surface area (Å²) in [4.78, 5) is 17.3. The number of rotatable bonds is 12. The molecule has 0 saturated carbocycles. The second-order valence-corrected chi connectivity index (χ2v) is 9.16. The largest absolute Gasteiger partial charge is 0.614 e. The Bertz CT molecular complexity index is 656. The van der Waals surface area contributed by atoms with Gasteiger partial charge < -0.3 is 4.42 Å². The topological polar surface area (TPSA) is 125 Å². The molecule has 0 aliphatic carbocycles. The highest BCUT2D eigenvalue weighted by Gasteiger charge is 2.65. The van der Waals surface area contributed by atoms with Crippen molar-refractivity contribution in [2.75, 3.05) is 0 Å². The van der Waals surface area contributed by atoms with Crippen LogP contribution >= 0.6 is 60.7 Å². The number of hydrogen-bond acceptors (Lipinski definition) is 12. The lowest BCUT2D eigenvalue weighted by molar-refractivity contribution is -0.832. The van der Waals surface area contributed by atoms with Crippen LogP contribution in [0.15, 0.2) is 4.42 Å². The minimum absolute atomic E-state index is 0.784. The zero-order valence-corrected chi connectivity index (χ0v) is 16.1. The number of aryl methyl sites for hydroxylation is 1. The van der Waals surface area contributed by atoms with Gasteiger partial charge in [-0.2, -0.15) is 19.4 Å². The molecule has 0 unspecified atom stereocenters. The van der Waals surface area contributed by atoms with Crippen molar-refractivity contribution in [2.24, 2.45) is 0 Å². The number of hydrogen-bond donors (Lipinski definition) is 0. The third kappa shape index (κ3) is 4.32. The van der Waals surface area contributed by atoms with Crippen LogP contribution in [0.3, 0.4) is 0 Å². The number of nitrogens with zero attached hydrogens (tertiary/aromatic N) is 4. The first-order valence-corrected chi connectivity index (χ1v) is 9.51. The van der Waals surface area contributed by atoms with Gasteiger partial charge in [-0.05, 0) is 0 Å². The van der Waals surface area contributed by atoms with Crippen LogP contribution < -0.4 is 0 Å². The highest BCUT2D eigenvalue weighted by Crippen LogP contribution is 2.69. The van der Waals surface area contributed by atoms with E-state index in [0.717, 1.165) is 0 Å². The summed E-state index contributed by atoms with van der Waals surface area (Å²) < 4.78 is 78.2. The number of halogens is 6. The zero-order chi connectivity index (χ0) is 20.9. The van der Waals surface area contributed by atoms with Gasteiger partial charge in [0.1, 0.15) is 16.3 Å². The van der Waals surface area contributed by atoms with Gasteiger partial charge in [0.15, 0.2) is 0 Å². The molecule has 0 N–H and O–H groups in total. The maximum Gasteiger partial charge on any atom is 0.614 e. The maximum atomic E-state index is 13.7. The highest BCUT2D eigenvalue weighted by molar-refractivity contribution is 8.32. The number of aromatic nitrogens is 2. The van der Waals surface area contributed by atoms with Gasteiger partial charge in [-0.3, -0.25) is 20.2 Å². The Morgan fingerprint density at radius 3 is 1.78 bits per heavy atom. The average molecular weight is 498 g/mol. The maximum absolute atomic E-state index is 13.7. The Hall–Kier alpha value is -0.730. The molecular weight excluding hydrogens is 494 g/mol. The fourth-order valence-electron chi connectivity index (χ4n) is 1.49. The van der Waals surface area contributed by atoms with E-state index >= 15 is 0 Å². The van der Waals surface area contributed by atoms with E-state index in [9.17, 15) is 44.0 Å². The van der Waals surface area contributed by atoms with Crippen molar-refractivity contribution in [2.45, 2.75) is 26.2 Å². The van der Waals surface area contributed by atoms with E-state index in [1.165, 1.54) is 0 Å². The Labute approximate surface area is 167 Å². The third-order valence-electron chi connectivity index (χ3n) is 2.89. The van der Waals surface area contributed by atoms with Crippen LogP contribution in [0.4, 0.5) is 23.8 Å². The highest BCUT2D eigenvalue weighted by atomic mass is 32.3. The van der Waals surface area contributed by atoms with E-state index in [1.54, 1.807) is 0 Å². The summed E-state index contributed by atoms with van der Waals surface area (Å²) in [6.45, 7) is 0. The van der Waals surface area contributed by atoms with E-state index < -0.39 is 109 Å². The van der Waals surface area contributed by atoms with Gasteiger partial charge in [-0.15, -0.1) is 10.2 Å². The Morgan fingerprint density at radius 1 is 0.926 bits per heavy atom. The van der Waals surface area contributed by atoms with Gasteiger partial charge in [0, 0.05) is 6.42 Å². The molecule has 0 aliphatic rings. The van der Waals surface area contributed by atoms with E-state index in [-0.39, 0.29) is 0 Å². The summed E-state index contributed by atoms with van der Waals surface area (Å²) in [5.41, 5.74) is 0. The molecule has 1 aromatic rings. The molecular formula is C7H4F6N4O5S5. The summed E-state index contributed by atoms with van der Waals surface area (Å²) in [7, 11) is 0. The van der Waals surface area contributed by atoms with Crippen LogP contribution in [-0.4, -0.2) is 29.4 Å². The standard InChI is InChI=1S/C7H4F6N4O5S5/c8-5(16(18)19,17(20)21)2-1-3-14-15-4(22-3)6(23-9,24-10)7(25-11,26-12)27-13/h1-2H2. The molecule has 0 spiro atoms. The zero-order valence-electron chi connectivity index (χ0n) is 12.1. The molecule has 154 valence electrons. The van der Waals surface area contributed by atoms with Crippen LogP contribution in [0.2, 0.25) is 0 Å². The molecule has 1 rings (SSSR count). The normalized spacial score (nSPS) is 13.0. The quantitative estimate of drug-likeness (QED) is 0.125. The molecule has 0 aromatic carbocycles. The third-order valence-corrected chi connectivity index (χ3v) is 8.10. The Morgan fingerprint density at radius 2 is 1.41 bits per heavy atom. The molecule has 27 heavy (non-hydrogen) atoms. The van der Waals surface area contributed by atoms with Gasteiger partial charge in [0.2, 0.25) is 13.4 Å². The molecule has 1 heterocycles. The van der Waals surface area contributed by atoms with Crippen LogP contribution in [0, 0.1) is 20.2 Å².